The van der Waals surface area contributed by atoms with Gasteiger partial charge in [-0.2, -0.15) is 20.3 Å². The second-order valence-corrected chi connectivity index (χ2v) is 7.74. The zero-order valence-corrected chi connectivity index (χ0v) is 18.2. The summed E-state index contributed by atoms with van der Waals surface area (Å²) in [7, 11) is 0. The largest absolute Gasteiger partial charge is 0.382 e. The van der Waals surface area contributed by atoms with Crippen LogP contribution in [0.1, 0.15) is 24.4 Å². The molecule has 0 aliphatic carbocycles. The molecular formula is C18H14BrClN10O. The van der Waals surface area contributed by atoms with Crippen molar-refractivity contribution in [3.8, 4) is 11.9 Å². The van der Waals surface area contributed by atoms with Gasteiger partial charge in [0.2, 0.25) is 5.95 Å². The summed E-state index contributed by atoms with van der Waals surface area (Å²) in [5.74, 6) is 0.639. The van der Waals surface area contributed by atoms with Crippen molar-refractivity contribution in [2.75, 3.05) is 16.8 Å². The Morgan fingerprint density at radius 2 is 2.10 bits per heavy atom. The third-order valence-electron chi connectivity index (χ3n) is 4.48. The average Bonchev–Trinajstić information content (AvgIpc) is 3.13. The fourth-order valence-corrected chi connectivity index (χ4v) is 3.73. The maximum atomic E-state index is 13.4. The second kappa shape index (κ2) is 7.86. The lowest BCUT2D eigenvalue weighted by Gasteiger charge is -2.20. The SMILES string of the molecule is CC(Nc1nc(N)nc(N)c1C#N)c1nc2cccc(Cl)c2c(=O)n1-c1[nH]ncc1Br. The average molecular weight is 502 g/mol. The summed E-state index contributed by atoms with van der Waals surface area (Å²) >= 11 is 9.66. The van der Waals surface area contributed by atoms with Crippen LogP contribution in [0.15, 0.2) is 33.7 Å². The number of rotatable bonds is 4. The summed E-state index contributed by atoms with van der Waals surface area (Å²) < 4.78 is 1.90. The Hall–Kier alpha value is -3.69. The van der Waals surface area contributed by atoms with Crippen LogP contribution in [0.4, 0.5) is 17.6 Å². The number of hydrogen-bond acceptors (Lipinski definition) is 9. The molecule has 31 heavy (non-hydrogen) atoms. The van der Waals surface area contributed by atoms with Crippen molar-refractivity contribution in [3.63, 3.8) is 0 Å². The standard InChI is InChI=1S/C18H14BrClN10O/c1-7(25-14-8(5-21)13(22)27-18(23)28-14)15-26-11-4-2-3-10(20)12(11)17(31)30(15)16-9(19)6-24-29-16/h2-4,6-7H,1H3,(H,24,29)(H5,22,23,25,27,28). The number of anilines is 3. The van der Waals surface area contributed by atoms with E-state index in [1.807, 2.05) is 6.07 Å². The zero-order valence-electron chi connectivity index (χ0n) is 15.9. The van der Waals surface area contributed by atoms with Crippen molar-refractivity contribution in [1.82, 2.24) is 29.7 Å². The highest BCUT2D eigenvalue weighted by Gasteiger charge is 2.23. The Bertz CT molecular complexity index is 1420. The lowest BCUT2D eigenvalue weighted by Crippen LogP contribution is -2.28. The number of fused-ring (bicyclic) bond motifs is 1. The van der Waals surface area contributed by atoms with Crippen molar-refractivity contribution >= 4 is 56.0 Å². The molecule has 1 aromatic carbocycles. The van der Waals surface area contributed by atoms with Crippen LogP contribution in [0.5, 0.6) is 0 Å². The van der Waals surface area contributed by atoms with Crippen molar-refractivity contribution in [1.29, 1.82) is 5.26 Å². The molecule has 0 saturated carbocycles. The highest BCUT2D eigenvalue weighted by molar-refractivity contribution is 9.10. The molecule has 3 heterocycles. The van der Waals surface area contributed by atoms with Crippen LogP contribution in [0.3, 0.4) is 0 Å². The second-order valence-electron chi connectivity index (χ2n) is 6.48. The Kier molecular flexibility index (Phi) is 5.22. The van der Waals surface area contributed by atoms with E-state index in [1.165, 1.54) is 10.8 Å². The quantitative estimate of drug-likeness (QED) is 0.327. The Morgan fingerprint density at radius 1 is 1.32 bits per heavy atom. The molecule has 1 atom stereocenters. The third kappa shape index (κ3) is 3.54. The van der Waals surface area contributed by atoms with Gasteiger partial charge in [-0.15, -0.1) is 0 Å². The van der Waals surface area contributed by atoms with E-state index >= 15 is 0 Å². The molecule has 13 heteroatoms. The molecule has 0 bridgehead atoms. The van der Waals surface area contributed by atoms with Gasteiger partial charge in [0.15, 0.2) is 11.6 Å². The van der Waals surface area contributed by atoms with Crippen LogP contribution >= 0.6 is 27.5 Å². The van der Waals surface area contributed by atoms with Gasteiger partial charge in [0.05, 0.1) is 32.6 Å². The summed E-state index contributed by atoms with van der Waals surface area (Å²) in [4.78, 5) is 25.9. The summed E-state index contributed by atoms with van der Waals surface area (Å²) in [6.45, 7) is 1.74. The van der Waals surface area contributed by atoms with Crippen LogP contribution < -0.4 is 22.3 Å². The first-order chi connectivity index (χ1) is 14.8. The van der Waals surface area contributed by atoms with E-state index in [0.717, 1.165) is 0 Å². The predicted molar refractivity (Wildman–Crippen MR) is 120 cm³/mol. The number of nitrogens with zero attached hydrogens (tertiary/aromatic N) is 6. The molecule has 0 saturated heterocycles. The van der Waals surface area contributed by atoms with E-state index in [0.29, 0.717) is 21.6 Å². The number of aromatic amines is 1. The molecule has 11 nitrogen and oxygen atoms in total. The first kappa shape index (κ1) is 20.6. The fourth-order valence-electron chi connectivity index (χ4n) is 3.12. The minimum Gasteiger partial charge on any atom is -0.382 e. The summed E-state index contributed by atoms with van der Waals surface area (Å²) in [5.41, 5.74) is 11.5. The lowest BCUT2D eigenvalue weighted by molar-refractivity contribution is 0.718. The number of halogens is 2. The molecule has 0 spiro atoms. The van der Waals surface area contributed by atoms with Gasteiger partial charge in [0, 0.05) is 0 Å². The predicted octanol–water partition coefficient (Wildman–Crippen LogP) is 2.52. The number of benzene rings is 1. The maximum Gasteiger partial charge on any atom is 0.268 e. The van der Waals surface area contributed by atoms with Crippen molar-refractivity contribution in [2.24, 2.45) is 0 Å². The number of hydrogen-bond donors (Lipinski definition) is 4. The number of nitrogens with one attached hydrogen (secondary N) is 2. The molecule has 1 unspecified atom stereocenters. The molecule has 0 amide bonds. The molecule has 156 valence electrons. The van der Waals surface area contributed by atoms with Gasteiger partial charge in [-0.3, -0.25) is 9.89 Å². The number of H-pyrrole nitrogens is 1. The minimum absolute atomic E-state index is 0.0292. The van der Waals surface area contributed by atoms with Gasteiger partial charge in [-0.05, 0) is 35.0 Å². The molecule has 0 radical (unpaired) electrons. The summed E-state index contributed by atoms with van der Waals surface area (Å²) in [5, 5.41) is 19.8. The number of aromatic nitrogens is 6. The summed E-state index contributed by atoms with van der Waals surface area (Å²) in [6, 6.07) is 6.34. The van der Waals surface area contributed by atoms with Crippen molar-refractivity contribution < 1.29 is 0 Å². The molecule has 0 aliphatic rings. The van der Waals surface area contributed by atoms with Crippen molar-refractivity contribution in [3.05, 3.63) is 55.6 Å². The molecule has 4 rings (SSSR count). The van der Waals surface area contributed by atoms with E-state index in [4.69, 9.17) is 23.1 Å². The van der Waals surface area contributed by atoms with E-state index in [1.54, 1.807) is 25.1 Å². The minimum atomic E-state index is -0.618. The van der Waals surface area contributed by atoms with Gasteiger partial charge < -0.3 is 16.8 Å². The van der Waals surface area contributed by atoms with Crippen LogP contribution in [-0.4, -0.2) is 29.7 Å². The van der Waals surface area contributed by atoms with E-state index in [2.05, 4.69) is 46.4 Å². The Labute approximate surface area is 188 Å². The Balaban J connectivity index is 1.95. The van der Waals surface area contributed by atoms with Crippen LogP contribution in [0.25, 0.3) is 16.7 Å². The molecule has 0 fully saturated rings. The van der Waals surface area contributed by atoms with Gasteiger partial charge in [0.25, 0.3) is 5.56 Å². The fraction of sp³-hybridized carbons (Fsp3) is 0.111. The van der Waals surface area contributed by atoms with E-state index in [-0.39, 0.29) is 33.6 Å². The van der Waals surface area contributed by atoms with E-state index in [9.17, 15) is 10.1 Å². The molecule has 6 N–H and O–H groups in total. The van der Waals surface area contributed by atoms with Crippen molar-refractivity contribution in [2.45, 2.75) is 13.0 Å². The maximum absolute atomic E-state index is 13.4. The van der Waals surface area contributed by atoms with Gasteiger partial charge in [-0.25, -0.2) is 9.55 Å². The molecular weight excluding hydrogens is 488 g/mol. The van der Waals surface area contributed by atoms with Gasteiger partial charge in [0.1, 0.15) is 23.3 Å². The highest BCUT2D eigenvalue weighted by Crippen LogP contribution is 2.27. The smallest absolute Gasteiger partial charge is 0.268 e. The molecule has 4 aromatic rings. The number of nitriles is 1. The first-order valence-corrected chi connectivity index (χ1v) is 9.99. The monoisotopic (exact) mass is 500 g/mol. The van der Waals surface area contributed by atoms with Crippen LogP contribution in [0.2, 0.25) is 5.02 Å². The van der Waals surface area contributed by atoms with Gasteiger partial charge >= 0.3 is 0 Å². The highest BCUT2D eigenvalue weighted by atomic mass is 79.9. The summed E-state index contributed by atoms with van der Waals surface area (Å²) in [6.07, 6.45) is 1.51. The van der Waals surface area contributed by atoms with Gasteiger partial charge in [-0.1, -0.05) is 17.7 Å². The molecule has 3 aromatic heterocycles. The normalized spacial score (nSPS) is 11.9. The van der Waals surface area contributed by atoms with Crippen LogP contribution in [-0.2, 0) is 0 Å². The zero-order chi connectivity index (χ0) is 22.3. The third-order valence-corrected chi connectivity index (χ3v) is 5.37. The van der Waals surface area contributed by atoms with E-state index < -0.39 is 11.6 Å². The number of nitrogens with two attached hydrogens (primary N) is 2. The number of nitrogen functional groups attached to an aromatic ring is 2. The lowest BCUT2D eigenvalue weighted by atomic mass is 10.2. The Morgan fingerprint density at radius 3 is 2.77 bits per heavy atom. The van der Waals surface area contributed by atoms with Crippen LogP contribution in [0, 0.1) is 11.3 Å². The molecule has 0 aliphatic heterocycles. The first-order valence-electron chi connectivity index (χ1n) is 8.81. The topological polar surface area (TPSA) is 177 Å².